The van der Waals surface area contributed by atoms with Gasteiger partial charge in [-0.3, -0.25) is 0 Å². The van der Waals surface area contributed by atoms with E-state index < -0.39 is 6.10 Å². The molecule has 1 unspecified atom stereocenters. The summed E-state index contributed by atoms with van der Waals surface area (Å²) in [6, 6.07) is 14.6. The Kier molecular flexibility index (Phi) is 4.77. The lowest BCUT2D eigenvalue weighted by Crippen LogP contribution is -1.97. The fraction of sp³-hybridized carbons (Fsp3) is 0.222. The zero-order chi connectivity index (χ0) is 16.9. The van der Waals surface area contributed by atoms with Crippen molar-refractivity contribution in [2.75, 3.05) is 7.11 Å². The Bertz CT molecular complexity index is 797. The Hall–Kier alpha value is -2.86. The summed E-state index contributed by atoms with van der Waals surface area (Å²) < 4.78 is 16.4. The molecule has 1 atom stereocenters. The number of nitrogens with zero attached hydrogens (tertiary/aromatic N) is 2. The molecule has 0 saturated carbocycles. The molecule has 2 aromatic carbocycles. The Balaban J connectivity index is 1.66. The Morgan fingerprint density at radius 1 is 1.08 bits per heavy atom. The van der Waals surface area contributed by atoms with Crippen LogP contribution in [0.25, 0.3) is 11.5 Å². The molecule has 0 spiro atoms. The van der Waals surface area contributed by atoms with Crippen molar-refractivity contribution in [3.63, 3.8) is 0 Å². The second-order valence-corrected chi connectivity index (χ2v) is 5.27. The van der Waals surface area contributed by atoms with Crippen LogP contribution in [0.1, 0.15) is 24.5 Å². The van der Waals surface area contributed by atoms with Gasteiger partial charge in [0.2, 0.25) is 5.89 Å². The summed E-state index contributed by atoms with van der Waals surface area (Å²) >= 11 is 0. The molecular formula is C18H18N2O4. The molecule has 0 saturated heterocycles. The molecule has 124 valence electrons. The number of ether oxygens (including phenoxy) is 2. The molecule has 0 aliphatic heterocycles. The van der Waals surface area contributed by atoms with Crippen LogP contribution in [-0.2, 0) is 6.61 Å². The maximum atomic E-state index is 9.59. The van der Waals surface area contributed by atoms with E-state index in [2.05, 4.69) is 10.2 Å². The Labute approximate surface area is 139 Å². The van der Waals surface area contributed by atoms with Crippen molar-refractivity contribution in [1.29, 1.82) is 0 Å². The third-order valence-electron chi connectivity index (χ3n) is 3.51. The SMILES string of the molecule is COc1ccc(-c2nnc(COc3cccc(C(C)O)c3)o2)cc1. The number of rotatable bonds is 6. The topological polar surface area (TPSA) is 77.6 Å². The number of hydrogen-bond acceptors (Lipinski definition) is 6. The molecule has 0 amide bonds. The normalized spacial score (nSPS) is 12.0. The zero-order valence-electron chi connectivity index (χ0n) is 13.5. The predicted octanol–water partition coefficient (Wildman–Crippen LogP) is 3.38. The van der Waals surface area contributed by atoms with Gasteiger partial charge in [0.05, 0.1) is 13.2 Å². The van der Waals surface area contributed by atoms with E-state index in [4.69, 9.17) is 13.9 Å². The lowest BCUT2D eigenvalue weighted by atomic mass is 10.1. The Morgan fingerprint density at radius 2 is 1.88 bits per heavy atom. The average Bonchev–Trinajstić information content (AvgIpc) is 3.09. The maximum absolute atomic E-state index is 9.59. The minimum atomic E-state index is -0.543. The maximum Gasteiger partial charge on any atom is 0.254 e. The highest BCUT2D eigenvalue weighted by molar-refractivity contribution is 5.53. The summed E-state index contributed by atoms with van der Waals surface area (Å²) in [4.78, 5) is 0. The van der Waals surface area contributed by atoms with Crippen LogP contribution in [0.3, 0.4) is 0 Å². The number of hydrogen-bond donors (Lipinski definition) is 1. The molecule has 1 N–H and O–H groups in total. The summed E-state index contributed by atoms with van der Waals surface area (Å²) in [5.41, 5.74) is 1.60. The molecule has 3 rings (SSSR count). The minimum absolute atomic E-state index is 0.159. The molecule has 0 aliphatic carbocycles. The molecule has 3 aromatic rings. The lowest BCUT2D eigenvalue weighted by Gasteiger charge is -2.07. The minimum Gasteiger partial charge on any atom is -0.497 e. The van der Waals surface area contributed by atoms with Crippen molar-refractivity contribution in [2.24, 2.45) is 0 Å². The van der Waals surface area contributed by atoms with E-state index in [0.29, 0.717) is 17.5 Å². The molecular weight excluding hydrogens is 308 g/mol. The monoisotopic (exact) mass is 326 g/mol. The van der Waals surface area contributed by atoms with Gasteiger partial charge in [-0.1, -0.05) is 12.1 Å². The smallest absolute Gasteiger partial charge is 0.254 e. The van der Waals surface area contributed by atoms with Crippen molar-refractivity contribution >= 4 is 0 Å². The standard InChI is InChI=1S/C18H18N2O4/c1-12(21)14-4-3-5-16(10-14)23-11-17-19-20-18(24-17)13-6-8-15(22-2)9-7-13/h3-10,12,21H,11H2,1-2H3. The number of methoxy groups -OCH3 is 1. The lowest BCUT2D eigenvalue weighted by molar-refractivity contribution is 0.198. The van der Waals surface area contributed by atoms with Crippen molar-refractivity contribution < 1.29 is 19.0 Å². The second-order valence-electron chi connectivity index (χ2n) is 5.27. The summed E-state index contributed by atoms with van der Waals surface area (Å²) in [7, 11) is 1.61. The highest BCUT2D eigenvalue weighted by Crippen LogP contribution is 2.22. The van der Waals surface area contributed by atoms with Crippen LogP contribution in [0.15, 0.2) is 52.9 Å². The molecule has 1 heterocycles. The van der Waals surface area contributed by atoms with Crippen LogP contribution >= 0.6 is 0 Å². The fourth-order valence-corrected chi connectivity index (χ4v) is 2.17. The number of aromatic nitrogens is 2. The summed E-state index contributed by atoms with van der Waals surface area (Å²) in [6.45, 7) is 1.87. The van der Waals surface area contributed by atoms with E-state index in [0.717, 1.165) is 16.9 Å². The van der Waals surface area contributed by atoms with Gasteiger partial charge in [-0.25, -0.2) is 0 Å². The van der Waals surface area contributed by atoms with E-state index in [1.165, 1.54) is 0 Å². The van der Waals surface area contributed by atoms with Gasteiger partial charge in [0.25, 0.3) is 5.89 Å². The third-order valence-corrected chi connectivity index (χ3v) is 3.51. The first kappa shape index (κ1) is 16.0. The van der Waals surface area contributed by atoms with E-state index in [1.54, 1.807) is 20.1 Å². The highest BCUT2D eigenvalue weighted by Gasteiger charge is 2.10. The summed E-state index contributed by atoms with van der Waals surface area (Å²) in [6.07, 6.45) is -0.543. The zero-order valence-corrected chi connectivity index (χ0v) is 13.5. The van der Waals surface area contributed by atoms with Gasteiger partial charge in [0, 0.05) is 5.56 Å². The number of aliphatic hydroxyl groups excluding tert-OH is 1. The van der Waals surface area contributed by atoms with Crippen LogP contribution in [-0.4, -0.2) is 22.4 Å². The van der Waals surface area contributed by atoms with Gasteiger partial charge >= 0.3 is 0 Å². The van der Waals surface area contributed by atoms with Crippen LogP contribution in [0.4, 0.5) is 0 Å². The van der Waals surface area contributed by atoms with E-state index >= 15 is 0 Å². The number of benzene rings is 2. The van der Waals surface area contributed by atoms with Crippen molar-refractivity contribution in [3.05, 3.63) is 60.0 Å². The molecule has 0 bridgehead atoms. The fourth-order valence-electron chi connectivity index (χ4n) is 2.17. The van der Waals surface area contributed by atoms with Gasteiger partial charge in [-0.05, 0) is 48.9 Å². The van der Waals surface area contributed by atoms with Crippen LogP contribution in [0.5, 0.6) is 11.5 Å². The molecule has 24 heavy (non-hydrogen) atoms. The van der Waals surface area contributed by atoms with Gasteiger partial charge in [-0.2, -0.15) is 0 Å². The first-order chi connectivity index (χ1) is 11.7. The molecule has 6 nitrogen and oxygen atoms in total. The summed E-state index contributed by atoms with van der Waals surface area (Å²) in [5.74, 6) is 2.20. The molecule has 6 heteroatoms. The van der Waals surface area contributed by atoms with E-state index in [-0.39, 0.29) is 6.61 Å². The molecule has 0 radical (unpaired) electrons. The summed E-state index contributed by atoms with van der Waals surface area (Å²) in [5, 5.41) is 17.6. The van der Waals surface area contributed by atoms with Crippen molar-refractivity contribution in [3.8, 4) is 23.0 Å². The first-order valence-electron chi connectivity index (χ1n) is 7.53. The number of aliphatic hydroxyl groups is 1. The Morgan fingerprint density at radius 3 is 2.58 bits per heavy atom. The van der Waals surface area contributed by atoms with Crippen LogP contribution in [0.2, 0.25) is 0 Å². The van der Waals surface area contributed by atoms with E-state index in [1.807, 2.05) is 42.5 Å². The van der Waals surface area contributed by atoms with Crippen molar-refractivity contribution in [1.82, 2.24) is 10.2 Å². The third kappa shape index (κ3) is 3.72. The van der Waals surface area contributed by atoms with Crippen molar-refractivity contribution in [2.45, 2.75) is 19.6 Å². The van der Waals surface area contributed by atoms with Gasteiger partial charge in [0.15, 0.2) is 6.61 Å². The second kappa shape index (κ2) is 7.14. The first-order valence-corrected chi connectivity index (χ1v) is 7.53. The molecule has 1 aromatic heterocycles. The highest BCUT2D eigenvalue weighted by atomic mass is 16.5. The molecule has 0 aliphatic rings. The van der Waals surface area contributed by atoms with Crippen LogP contribution < -0.4 is 9.47 Å². The quantitative estimate of drug-likeness (QED) is 0.748. The molecule has 0 fully saturated rings. The van der Waals surface area contributed by atoms with Gasteiger partial charge < -0.3 is 19.0 Å². The van der Waals surface area contributed by atoms with Gasteiger partial charge in [0.1, 0.15) is 11.5 Å². The predicted molar refractivity (Wildman–Crippen MR) is 87.7 cm³/mol. The largest absolute Gasteiger partial charge is 0.497 e. The van der Waals surface area contributed by atoms with Gasteiger partial charge in [-0.15, -0.1) is 10.2 Å². The van der Waals surface area contributed by atoms with E-state index in [9.17, 15) is 5.11 Å². The average molecular weight is 326 g/mol. The van der Waals surface area contributed by atoms with Crippen LogP contribution in [0, 0.1) is 0 Å².